The van der Waals surface area contributed by atoms with E-state index in [0.717, 1.165) is 18.2 Å². The lowest BCUT2D eigenvalue weighted by atomic mass is 10.1. The van der Waals surface area contributed by atoms with Crippen molar-refractivity contribution in [2.75, 3.05) is 11.8 Å². The number of halogens is 3. The van der Waals surface area contributed by atoms with E-state index < -0.39 is 49.5 Å². The van der Waals surface area contributed by atoms with Crippen molar-refractivity contribution in [3.63, 3.8) is 0 Å². The highest BCUT2D eigenvalue weighted by Gasteiger charge is 2.23. The minimum Gasteiger partial charge on any atom is -0.494 e. The minimum absolute atomic E-state index is 0.182. The lowest BCUT2D eigenvalue weighted by Crippen LogP contribution is -2.19. The molecule has 0 fully saturated rings. The molecule has 10 heteroatoms. The van der Waals surface area contributed by atoms with Crippen molar-refractivity contribution in [3.05, 3.63) is 53.3 Å². The van der Waals surface area contributed by atoms with E-state index >= 15 is 0 Å². The van der Waals surface area contributed by atoms with Crippen LogP contribution in [0, 0.1) is 17.5 Å². The molecule has 0 saturated heterocycles. The number of rotatable bonds is 5. The molecule has 128 valence electrons. The van der Waals surface area contributed by atoms with Gasteiger partial charge in [0, 0.05) is 0 Å². The van der Waals surface area contributed by atoms with Crippen LogP contribution in [0.5, 0.6) is 5.75 Å². The Morgan fingerprint density at radius 2 is 1.79 bits per heavy atom. The number of anilines is 1. The van der Waals surface area contributed by atoms with E-state index in [0.29, 0.717) is 12.1 Å². The number of carbonyl (C=O) groups excluding carboxylic acids is 1. The van der Waals surface area contributed by atoms with Gasteiger partial charge in [-0.1, -0.05) is 0 Å². The van der Waals surface area contributed by atoms with Gasteiger partial charge in [0.25, 0.3) is 15.9 Å². The molecule has 6 nitrogen and oxygen atoms in total. The molecule has 0 spiro atoms. The summed E-state index contributed by atoms with van der Waals surface area (Å²) >= 11 is 0. The molecule has 2 aromatic rings. The number of nitrogens with one attached hydrogen (secondary N) is 1. The summed E-state index contributed by atoms with van der Waals surface area (Å²) in [5.74, 6) is -5.24. The molecule has 0 heterocycles. The van der Waals surface area contributed by atoms with Gasteiger partial charge in [-0.15, -0.1) is 0 Å². The standard InChI is InChI=1S/C14H11F3N2O4S/c1-23-11-5-2-7(6-9(11)16)24(21,22)19-10-4-3-8(15)12(13(10)17)14(18)20/h2-6,19H,1H3,(H2,18,20). The maximum absolute atomic E-state index is 14.1. The smallest absolute Gasteiger partial charge is 0.262 e. The van der Waals surface area contributed by atoms with Gasteiger partial charge >= 0.3 is 0 Å². The second kappa shape index (κ2) is 6.40. The summed E-state index contributed by atoms with van der Waals surface area (Å²) in [6.07, 6.45) is 0. The van der Waals surface area contributed by atoms with Gasteiger partial charge in [-0.05, 0) is 30.3 Å². The van der Waals surface area contributed by atoms with Gasteiger partial charge in [-0.25, -0.2) is 21.6 Å². The fourth-order valence-corrected chi connectivity index (χ4v) is 2.95. The zero-order valence-corrected chi connectivity index (χ0v) is 13.0. The Bertz CT molecular complexity index is 916. The van der Waals surface area contributed by atoms with Crippen molar-refractivity contribution < 1.29 is 31.1 Å². The highest BCUT2D eigenvalue weighted by molar-refractivity contribution is 7.92. The van der Waals surface area contributed by atoms with E-state index in [4.69, 9.17) is 5.73 Å². The van der Waals surface area contributed by atoms with Crippen LogP contribution in [-0.4, -0.2) is 21.4 Å². The van der Waals surface area contributed by atoms with E-state index in [1.54, 1.807) is 4.72 Å². The summed E-state index contributed by atoms with van der Waals surface area (Å²) in [5, 5.41) is 0. The lowest BCUT2D eigenvalue weighted by Gasteiger charge is -2.11. The Kier molecular flexibility index (Phi) is 4.69. The van der Waals surface area contributed by atoms with Crippen molar-refractivity contribution in [2.45, 2.75) is 4.90 Å². The number of primary amides is 1. The van der Waals surface area contributed by atoms with Crippen LogP contribution in [0.4, 0.5) is 18.9 Å². The molecule has 0 aliphatic rings. The van der Waals surface area contributed by atoms with E-state index in [9.17, 15) is 26.4 Å². The molecule has 3 N–H and O–H groups in total. The third-order valence-corrected chi connectivity index (χ3v) is 4.38. The number of hydrogen-bond acceptors (Lipinski definition) is 4. The van der Waals surface area contributed by atoms with Crippen LogP contribution in [0.2, 0.25) is 0 Å². The van der Waals surface area contributed by atoms with E-state index in [-0.39, 0.29) is 5.75 Å². The fraction of sp³-hybridized carbons (Fsp3) is 0.0714. The number of amides is 1. The first-order valence-electron chi connectivity index (χ1n) is 6.31. The van der Waals surface area contributed by atoms with Gasteiger partial charge < -0.3 is 10.5 Å². The normalized spacial score (nSPS) is 11.2. The Hall–Kier alpha value is -2.75. The average molecular weight is 360 g/mol. The quantitative estimate of drug-likeness (QED) is 0.852. The van der Waals surface area contributed by atoms with Crippen LogP contribution in [0.15, 0.2) is 35.2 Å². The van der Waals surface area contributed by atoms with Gasteiger partial charge in [-0.3, -0.25) is 9.52 Å². The van der Waals surface area contributed by atoms with Crippen LogP contribution >= 0.6 is 0 Å². The number of nitrogens with two attached hydrogens (primary N) is 1. The topological polar surface area (TPSA) is 98.5 Å². The van der Waals surface area contributed by atoms with Crippen LogP contribution in [0.25, 0.3) is 0 Å². The highest BCUT2D eigenvalue weighted by atomic mass is 32.2. The molecular formula is C14H11F3N2O4S. The van der Waals surface area contributed by atoms with E-state index in [1.807, 2.05) is 0 Å². The van der Waals surface area contributed by atoms with Crippen LogP contribution in [-0.2, 0) is 10.0 Å². The highest BCUT2D eigenvalue weighted by Crippen LogP contribution is 2.26. The second-order valence-corrected chi connectivity index (χ2v) is 6.23. The molecule has 0 aliphatic heterocycles. The van der Waals surface area contributed by atoms with Crippen molar-refractivity contribution >= 4 is 21.6 Å². The third kappa shape index (κ3) is 3.27. The van der Waals surface area contributed by atoms with Gasteiger partial charge in [0.1, 0.15) is 11.4 Å². The zero-order chi connectivity index (χ0) is 18.1. The number of methoxy groups -OCH3 is 1. The first-order chi connectivity index (χ1) is 11.2. The monoisotopic (exact) mass is 360 g/mol. The fourth-order valence-electron chi connectivity index (χ4n) is 1.88. The van der Waals surface area contributed by atoms with E-state index in [2.05, 4.69) is 4.74 Å². The van der Waals surface area contributed by atoms with Gasteiger partial charge in [0.05, 0.1) is 17.7 Å². The summed E-state index contributed by atoms with van der Waals surface area (Å²) in [6.45, 7) is 0. The van der Waals surface area contributed by atoms with Crippen LogP contribution in [0.3, 0.4) is 0 Å². The molecule has 2 aromatic carbocycles. The van der Waals surface area contributed by atoms with Crippen molar-refractivity contribution in [3.8, 4) is 5.75 Å². The second-order valence-electron chi connectivity index (χ2n) is 4.55. The molecule has 2 rings (SSSR count). The largest absolute Gasteiger partial charge is 0.494 e. The van der Waals surface area contributed by atoms with E-state index in [1.165, 1.54) is 7.11 Å². The Labute approximate surface area is 135 Å². The average Bonchev–Trinajstić information content (AvgIpc) is 2.49. The Morgan fingerprint density at radius 1 is 1.12 bits per heavy atom. The maximum atomic E-state index is 14.1. The first kappa shape index (κ1) is 17.6. The molecule has 0 unspecified atom stereocenters. The number of hydrogen-bond donors (Lipinski definition) is 2. The van der Waals surface area contributed by atoms with Gasteiger partial charge in [0.15, 0.2) is 17.4 Å². The molecule has 0 atom stereocenters. The predicted molar refractivity (Wildman–Crippen MR) is 78.6 cm³/mol. The Morgan fingerprint density at radius 3 is 2.33 bits per heavy atom. The molecule has 0 saturated carbocycles. The number of carbonyl (C=O) groups is 1. The molecule has 0 aromatic heterocycles. The lowest BCUT2D eigenvalue weighted by molar-refractivity contribution is 0.0992. The summed E-state index contributed by atoms with van der Waals surface area (Å²) in [7, 11) is -3.20. The number of benzene rings is 2. The predicted octanol–water partition coefficient (Wildman–Crippen LogP) is 2.01. The van der Waals surface area contributed by atoms with Crippen LogP contribution in [0.1, 0.15) is 10.4 Å². The molecule has 0 bridgehead atoms. The summed E-state index contributed by atoms with van der Waals surface area (Å²) in [6, 6.07) is 4.21. The molecular weight excluding hydrogens is 349 g/mol. The summed E-state index contributed by atoms with van der Waals surface area (Å²) in [4.78, 5) is 10.5. The van der Waals surface area contributed by atoms with Gasteiger partial charge in [-0.2, -0.15) is 0 Å². The molecule has 1 amide bonds. The number of ether oxygens (including phenoxy) is 1. The van der Waals surface area contributed by atoms with Gasteiger partial charge in [0.2, 0.25) is 0 Å². The van der Waals surface area contributed by atoms with Crippen molar-refractivity contribution in [1.82, 2.24) is 0 Å². The first-order valence-corrected chi connectivity index (χ1v) is 7.80. The third-order valence-electron chi connectivity index (χ3n) is 3.02. The zero-order valence-electron chi connectivity index (χ0n) is 12.1. The van der Waals surface area contributed by atoms with Crippen LogP contribution < -0.4 is 15.2 Å². The summed E-state index contributed by atoms with van der Waals surface area (Å²) in [5.41, 5.74) is 3.06. The molecule has 0 radical (unpaired) electrons. The Balaban J connectivity index is 2.45. The SMILES string of the molecule is COc1ccc(S(=O)(=O)Nc2ccc(F)c(C(N)=O)c2F)cc1F. The maximum Gasteiger partial charge on any atom is 0.262 e. The summed E-state index contributed by atoms with van der Waals surface area (Å²) < 4.78 is 71.9. The van der Waals surface area contributed by atoms with Crippen molar-refractivity contribution in [1.29, 1.82) is 0 Å². The molecule has 24 heavy (non-hydrogen) atoms. The minimum atomic E-state index is -4.40. The van der Waals surface area contributed by atoms with Crippen molar-refractivity contribution in [2.24, 2.45) is 5.73 Å². The molecule has 0 aliphatic carbocycles. The number of sulfonamides is 1.